The third kappa shape index (κ3) is 2.59. The summed E-state index contributed by atoms with van der Waals surface area (Å²) in [6.07, 6.45) is 3.98. The molecule has 4 heteroatoms. The Labute approximate surface area is 115 Å². The van der Waals surface area contributed by atoms with Gasteiger partial charge in [0.05, 0.1) is 5.60 Å². The molecule has 98 valence electrons. The molecule has 1 atom stereocenters. The van der Waals surface area contributed by atoms with E-state index in [1.165, 1.54) is 0 Å². The Morgan fingerprint density at radius 1 is 1.22 bits per heavy atom. The first-order valence-corrected chi connectivity index (χ1v) is 7.03. The summed E-state index contributed by atoms with van der Waals surface area (Å²) in [5.41, 5.74) is -0.456. The van der Waals surface area contributed by atoms with Crippen LogP contribution in [0.1, 0.15) is 43.6 Å². The molecule has 0 radical (unpaired) electrons. The van der Waals surface area contributed by atoms with Crippen molar-refractivity contribution < 1.29 is 15.0 Å². The molecule has 0 heterocycles. The van der Waals surface area contributed by atoms with Crippen LogP contribution in [0, 0.1) is 0 Å². The third-order valence-electron chi connectivity index (χ3n) is 3.72. The predicted octanol–water partition coefficient (Wildman–Crippen LogP) is 3.31. The van der Waals surface area contributed by atoms with Gasteiger partial charge in [-0.15, -0.1) is 0 Å². The van der Waals surface area contributed by atoms with E-state index in [9.17, 15) is 15.0 Å². The Bertz CT molecular complexity index is 438. The maximum Gasteiger partial charge on any atom is 0.313 e. The third-order valence-corrected chi connectivity index (χ3v) is 4.44. The highest BCUT2D eigenvalue weighted by molar-refractivity contribution is 9.10. The minimum Gasteiger partial charge on any atom is -0.481 e. The van der Waals surface area contributed by atoms with Crippen molar-refractivity contribution in [2.45, 2.75) is 43.6 Å². The summed E-state index contributed by atoms with van der Waals surface area (Å²) in [7, 11) is 0. The van der Waals surface area contributed by atoms with Crippen LogP contribution in [-0.4, -0.2) is 21.8 Å². The molecule has 2 rings (SSSR count). The normalized spacial score (nSPS) is 20.3. The van der Waals surface area contributed by atoms with E-state index in [2.05, 4.69) is 15.9 Å². The van der Waals surface area contributed by atoms with Crippen LogP contribution in [0.3, 0.4) is 0 Å². The van der Waals surface area contributed by atoms with Gasteiger partial charge < -0.3 is 10.2 Å². The summed E-state index contributed by atoms with van der Waals surface area (Å²) in [6, 6.07) is 7.24. The summed E-state index contributed by atoms with van der Waals surface area (Å²) >= 11 is 3.38. The Kier molecular flexibility index (Phi) is 4.07. The van der Waals surface area contributed by atoms with Crippen molar-refractivity contribution in [3.05, 3.63) is 34.3 Å². The highest BCUT2D eigenvalue weighted by atomic mass is 79.9. The molecular weight excluding hydrogens is 296 g/mol. The number of carboxylic acids is 1. The molecule has 2 N–H and O–H groups in total. The first-order chi connectivity index (χ1) is 8.54. The molecule has 1 aliphatic carbocycles. The van der Waals surface area contributed by atoms with E-state index in [0.717, 1.165) is 23.7 Å². The number of carbonyl (C=O) groups is 1. The van der Waals surface area contributed by atoms with Gasteiger partial charge in [0.1, 0.15) is 5.92 Å². The maximum atomic E-state index is 11.6. The van der Waals surface area contributed by atoms with Gasteiger partial charge in [-0.2, -0.15) is 0 Å². The number of halogens is 1. The number of hydrogen-bond donors (Lipinski definition) is 2. The number of benzene rings is 1. The lowest BCUT2D eigenvalue weighted by molar-refractivity contribution is -0.147. The van der Waals surface area contributed by atoms with E-state index in [0.29, 0.717) is 18.4 Å². The molecular formula is C14H17BrO3. The fourth-order valence-corrected chi connectivity index (χ4v) is 3.33. The summed E-state index contributed by atoms with van der Waals surface area (Å²) in [5, 5.41) is 20.2. The molecule has 1 aliphatic rings. The van der Waals surface area contributed by atoms with Gasteiger partial charge in [0, 0.05) is 4.47 Å². The van der Waals surface area contributed by atoms with E-state index in [1.54, 1.807) is 6.07 Å². The largest absolute Gasteiger partial charge is 0.481 e. The van der Waals surface area contributed by atoms with Crippen molar-refractivity contribution in [2.24, 2.45) is 0 Å². The molecule has 0 aromatic heterocycles. The zero-order chi connectivity index (χ0) is 13.2. The van der Waals surface area contributed by atoms with Crippen molar-refractivity contribution in [3.63, 3.8) is 0 Å². The number of carboxylic acid groups (broad SMARTS) is 1. The van der Waals surface area contributed by atoms with Gasteiger partial charge in [-0.3, -0.25) is 4.79 Å². The number of aliphatic carboxylic acids is 1. The van der Waals surface area contributed by atoms with Crippen molar-refractivity contribution in [1.29, 1.82) is 0 Å². The van der Waals surface area contributed by atoms with Crippen LogP contribution in [-0.2, 0) is 4.79 Å². The molecule has 0 aliphatic heterocycles. The Morgan fingerprint density at radius 3 is 2.39 bits per heavy atom. The van der Waals surface area contributed by atoms with Gasteiger partial charge in [0.2, 0.25) is 0 Å². The second-order valence-electron chi connectivity index (χ2n) is 4.96. The van der Waals surface area contributed by atoms with Gasteiger partial charge in [0.15, 0.2) is 0 Å². The highest BCUT2D eigenvalue weighted by Gasteiger charge is 2.43. The van der Waals surface area contributed by atoms with Crippen LogP contribution in [0.5, 0.6) is 0 Å². The molecule has 18 heavy (non-hydrogen) atoms. The Balaban J connectivity index is 2.40. The second kappa shape index (κ2) is 5.41. The zero-order valence-corrected chi connectivity index (χ0v) is 11.7. The van der Waals surface area contributed by atoms with Gasteiger partial charge in [-0.1, -0.05) is 53.4 Å². The molecule has 1 aromatic carbocycles. The van der Waals surface area contributed by atoms with Gasteiger partial charge in [-0.05, 0) is 24.5 Å². The lowest BCUT2D eigenvalue weighted by atomic mass is 9.73. The fraction of sp³-hybridized carbons (Fsp3) is 0.500. The summed E-state index contributed by atoms with van der Waals surface area (Å²) in [4.78, 5) is 11.6. The fourth-order valence-electron chi connectivity index (χ4n) is 2.81. The minimum absolute atomic E-state index is 0.561. The van der Waals surface area contributed by atoms with Gasteiger partial charge in [-0.25, -0.2) is 0 Å². The van der Waals surface area contributed by atoms with E-state index in [4.69, 9.17) is 0 Å². The smallest absolute Gasteiger partial charge is 0.313 e. The average molecular weight is 313 g/mol. The molecule has 0 spiro atoms. The Hall–Kier alpha value is -0.870. The second-order valence-corrected chi connectivity index (χ2v) is 5.81. The van der Waals surface area contributed by atoms with Crippen molar-refractivity contribution >= 4 is 21.9 Å². The number of rotatable bonds is 3. The maximum absolute atomic E-state index is 11.6. The summed E-state index contributed by atoms with van der Waals surface area (Å²) < 4.78 is 0.747. The number of aliphatic hydroxyl groups is 1. The van der Waals surface area contributed by atoms with Crippen molar-refractivity contribution in [2.75, 3.05) is 0 Å². The zero-order valence-electron chi connectivity index (χ0n) is 10.1. The first-order valence-electron chi connectivity index (χ1n) is 6.24. The predicted molar refractivity (Wildman–Crippen MR) is 72.6 cm³/mol. The van der Waals surface area contributed by atoms with E-state index in [-0.39, 0.29) is 0 Å². The minimum atomic E-state index is -1.12. The van der Waals surface area contributed by atoms with Gasteiger partial charge >= 0.3 is 5.97 Å². The lowest BCUT2D eigenvalue weighted by Crippen LogP contribution is -2.42. The van der Waals surface area contributed by atoms with Crippen molar-refractivity contribution in [3.8, 4) is 0 Å². The van der Waals surface area contributed by atoms with Crippen LogP contribution in [0.25, 0.3) is 0 Å². The van der Waals surface area contributed by atoms with Crippen LogP contribution < -0.4 is 0 Å². The highest BCUT2D eigenvalue weighted by Crippen LogP contribution is 2.42. The van der Waals surface area contributed by atoms with E-state index >= 15 is 0 Å². The molecule has 1 aromatic rings. The monoisotopic (exact) mass is 312 g/mol. The average Bonchev–Trinajstić information content (AvgIpc) is 2.32. The van der Waals surface area contributed by atoms with E-state index < -0.39 is 17.5 Å². The van der Waals surface area contributed by atoms with Crippen LogP contribution in [0.4, 0.5) is 0 Å². The molecule has 3 nitrogen and oxygen atoms in total. The molecule has 1 saturated carbocycles. The van der Waals surface area contributed by atoms with Crippen LogP contribution >= 0.6 is 15.9 Å². The summed E-state index contributed by atoms with van der Waals surface area (Å²) in [6.45, 7) is 0. The molecule has 1 fully saturated rings. The molecule has 0 unspecified atom stereocenters. The van der Waals surface area contributed by atoms with Crippen LogP contribution in [0.15, 0.2) is 28.7 Å². The first kappa shape index (κ1) is 13.6. The standard InChI is InChI=1S/C14H17BrO3/c15-11-7-3-2-6-10(11)12(13(16)17)14(18)8-4-1-5-9-14/h2-3,6-7,12,18H,1,4-5,8-9H2,(H,16,17)/t12-/m1/s1. The SMILES string of the molecule is O=C(O)[C@@H](c1ccccc1Br)C1(O)CCCCC1. The molecule has 0 saturated heterocycles. The molecule has 0 amide bonds. The van der Waals surface area contributed by atoms with Crippen molar-refractivity contribution in [1.82, 2.24) is 0 Å². The van der Waals surface area contributed by atoms with E-state index in [1.807, 2.05) is 18.2 Å². The quantitative estimate of drug-likeness (QED) is 0.900. The Morgan fingerprint density at radius 2 is 1.83 bits per heavy atom. The molecule has 0 bridgehead atoms. The topological polar surface area (TPSA) is 57.5 Å². The van der Waals surface area contributed by atoms with Gasteiger partial charge in [0.25, 0.3) is 0 Å². The van der Waals surface area contributed by atoms with Crippen LogP contribution in [0.2, 0.25) is 0 Å². The lowest BCUT2D eigenvalue weighted by Gasteiger charge is -2.37. The summed E-state index contributed by atoms with van der Waals surface area (Å²) in [5.74, 6) is -1.81. The number of hydrogen-bond acceptors (Lipinski definition) is 2.